The van der Waals surface area contributed by atoms with Crippen molar-refractivity contribution >= 4 is 17.9 Å². The molecule has 0 amide bonds. The van der Waals surface area contributed by atoms with Gasteiger partial charge in [-0.2, -0.15) is 0 Å². The predicted molar refractivity (Wildman–Crippen MR) is 218 cm³/mol. The molecule has 0 N–H and O–H groups in total. The normalized spacial score (nSPS) is 10.4. The minimum Gasteiger partial charge on any atom is -0.462 e. The summed E-state index contributed by atoms with van der Waals surface area (Å²) in [5.41, 5.74) is 3.37. The Labute approximate surface area is 337 Å². The average Bonchev–Trinajstić information content (AvgIpc) is 3.20. The molecule has 11 nitrogen and oxygen atoms in total. The van der Waals surface area contributed by atoms with E-state index in [4.69, 9.17) is 37.9 Å². The number of allylic oxidation sites excluding steroid dienone is 1. The highest BCUT2D eigenvalue weighted by atomic mass is 16.6. The maximum atomic E-state index is 11.9. The molecule has 294 valence electrons. The van der Waals surface area contributed by atoms with Gasteiger partial charge in [-0.15, -0.1) is 0 Å². The molecule has 0 aliphatic heterocycles. The SMILES string of the molecule is C=C(C)C(=C)O/C=C/Oc1cc(C#Cc2ccc(O/C=C/OC(=O)C(=C)C)cc2)c(O/C=C/OC(=O)C(=C)C)cc1C#Cc1ccc(O/C=C/OC(=O)C(=C)C)cc1. The van der Waals surface area contributed by atoms with E-state index in [-0.39, 0.29) is 22.5 Å². The molecule has 0 bridgehead atoms. The lowest BCUT2D eigenvalue weighted by atomic mass is 10.1. The quantitative estimate of drug-likeness (QED) is 0.0325. The van der Waals surface area contributed by atoms with Crippen LogP contribution in [0.4, 0.5) is 0 Å². The number of carbonyl (C=O) groups is 3. The fourth-order valence-electron chi connectivity index (χ4n) is 3.66. The summed E-state index contributed by atoms with van der Waals surface area (Å²) in [6.45, 7) is 24.5. The number of benzene rings is 3. The second kappa shape index (κ2) is 22.9. The number of ether oxygens (including phenoxy) is 8. The minimum atomic E-state index is -0.632. The van der Waals surface area contributed by atoms with E-state index in [1.807, 2.05) is 0 Å². The van der Waals surface area contributed by atoms with Crippen molar-refractivity contribution in [2.24, 2.45) is 0 Å². The molecule has 3 aromatic carbocycles. The number of hydrogen-bond acceptors (Lipinski definition) is 11. The third kappa shape index (κ3) is 15.7. The van der Waals surface area contributed by atoms with Gasteiger partial charge in [-0.05, 0) is 81.8 Å². The van der Waals surface area contributed by atoms with Crippen molar-refractivity contribution in [2.75, 3.05) is 0 Å². The largest absolute Gasteiger partial charge is 0.462 e. The van der Waals surface area contributed by atoms with Crippen LogP contribution in [-0.4, -0.2) is 17.9 Å². The van der Waals surface area contributed by atoms with Crippen molar-refractivity contribution in [3.05, 3.63) is 194 Å². The lowest BCUT2D eigenvalue weighted by Crippen LogP contribution is -2.00. The van der Waals surface area contributed by atoms with E-state index in [1.165, 1.54) is 52.1 Å². The van der Waals surface area contributed by atoms with Crippen LogP contribution in [0.2, 0.25) is 0 Å². The highest BCUT2D eigenvalue weighted by Crippen LogP contribution is 2.29. The van der Waals surface area contributed by atoms with Gasteiger partial charge in [0.2, 0.25) is 0 Å². The van der Waals surface area contributed by atoms with Gasteiger partial charge in [0.15, 0.2) is 0 Å². The van der Waals surface area contributed by atoms with Crippen LogP contribution in [0.25, 0.3) is 0 Å². The Morgan fingerprint density at radius 1 is 0.431 bits per heavy atom. The maximum Gasteiger partial charge on any atom is 0.338 e. The van der Waals surface area contributed by atoms with Gasteiger partial charge in [0.25, 0.3) is 0 Å². The van der Waals surface area contributed by atoms with Crippen LogP contribution in [-0.2, 0) is 33.3 Å². The molecule has 0 aliphatic rings. The van der Waals surface area contributed by atoms with Crippen molar-refractivity contribution in [2.45, 2.75) is 27.7 Å². The Hall–Kier alpha value is -8.15. The Balaban J connectivity index is 1.98. The Morgan fingerprint density at radius 3 is 1.09 bits per heavy atom. The molecule has 3 rings (SSSR count). The predicted octanol–water partition coefficient (Wildman–Crippen LogP) is 9.35. The standard InChI is InChI=1S/C47H40O11/c1-32(2)36(9)51-22-25-54-43-30-40(17-11-38-14-20-42(21-15-38)53-24-28-57-46(49)34(5)6)44(55-26-29-58-47(50)35(7)8)31-39(43)16-10-37-12-18-41(19-13-37)52-23-27-56-45(48)33(3)4/h12-15,18-31H,1,3,5,7,9H2,2,4,6,8H3/b25-22+,27-23+,28-24+,29-26+. The van der Waals surface area contributed by atoms with Crippen LogP contribution < -0.4 is 18.9 Å². The second-order valence-electron chi connectivity index (χ2n) is 11.8. The van der Waals surface area contributed by atoms with Crippen molar-refractivity contribution in [1.82, 2.24) is 0 Å². The molecule has 3 aromatic rings. The highest BCUT2D eigenvalue weighted by Gasteiger charge is 2.11. The van der Waals surface area contributed by atoms with Gasteiger partial charge in [0.05, 0.1) is 11.1 Å². The van der Waals surface area contributed by atoms with Crippen molar-refractivity contribution < 1.29 is 52.3 Å². The van der Waals surface area contributed by atoms with Crippen LogP contribution in [0, 0.1) is 23.7 Å². The number of carbonyl (C=O) groups excluding carboxylic acids is 3. The fourth-order valence-corrected chi connectivity index (χ4v) is 3.66. The number of hydrogen-bond donors (Lipinski definition) is 0. The van der Waals surface area contributed by atoms with E-state index in [2.05, 4.69) is 56.6 Å². The molecule has 0 unspecified atom stereocenters. The van der Waals surface area contributed by atoms with Gasteiger partial charge in [0, 0.05) is 40.0 Å². The summed E-state index contributed by atoms with van der Waals surface area (Å²) in [5, 5.41) is 0. The Bertz CT molecular complexity index is 2150. The molecule has 0 aliphatic carbocycles. The molecular formula is C47H40O11. The first-order valence-electron chi connectivity index (χ1n) is 17.0. The van der Waals surface area contributed by atoms with Crippen LogP contribution in [0.15, 0.2) is 172 Å². The van der Waals surface area contributed by atoms with E-state index < -0.39 is 17.9 Å². The van der Waals surface area contributed by atoms with Crippen molar-refractivity contribution in [3.8, 4) is 46.7 Å². The minimum absolute atomic E-state index is 0.206. The first-order chi connectivity index (χ1) is 27.7. The first kappa shape index (κ1) is 44.2. The van der Waals surface area contributed by atoms with Gasteiger partial charge in [-0.3, -0.25) is 0 Å². The summed E-state index contributed by atoms with van der Waals surface area (Å²) in [6.07, 6.45) is 9.55. The molecule has 0 saturated heterocycles. The Morgan fingerprint density at radius 2 is 0.759 bits per heavy atom. The van der Waals surface area contributed by atoms with Gasteiger partial charge >= 0.3 is 17.9 Å². The third-order valence-corrected chi connectivity index (χ3v) is 6.75. The molecule has 58 heavy (non-hydrogen) atoms. The zero-order valence-electron chi connectivity index (χ0n) is 32.4. The third-order valence-electron chi connectivity index (χ3n) is 6.75. The van der Waals surface area contributed by atoms with E-state index in [1.54, 1.807) is 67.6 Å². The zero-order chi connectivity index (χ0) is 42.5. The topological polar surface area (TPSA) is 125 Å². The van der Waals surface area contributed by atoms with Crippen LogP contribution >= 0.6 is 0 Å². The monoisotopic (exact) mass is 780 g/mol. The molecular weight excluding hydrogens is 741 g/mol. The molecule has 0 spiro atoms. The maximum absolute atomic E-state index is 11.9. The second-order valence-corrected chi connectivity index (χ2v) is 11.8. The number of esters is 3. The summed E-state index contributed by atoms with van der Waals surface area (Å²) in [5.74, 6) is 12.4. The van der Waals surface area contributed by atoms with Crippen LogP contribution in [0.3, 0.4) is 0 Å². The van der Waals surface area contributed by atoms with E-state index in [0.717, 1.165) is 18.8 Å². The summed E-state index contributed by atoms with van der Waals surface area (Å²) in [6, 6.07) is 16.9. The highest BCUT2D eigenvalue weighted by molar-refractivity contribution is 5.88. The van der Waals surface area contributed by atoms with E-state index in [9.17, 15) is 14.4 Å². The van der Waals surface area contributed by atoms with Crippen molar-refractivity contribution in [1.29, 1.82) is 0 Å². The summed E-state index contributed by atoms with van der Waals surface area (Å²) in [4.78, 5) is 35.0. The molecule has 0 radical (unpaired) electrons. The molecule has 0 fully saturated rings. The summed E-state index contributed by atoms with van der Waals surface area (Å²) >= 11 is 0. The lowest BCUT2D eigenvalue weighted by molar-refractivity contribution is -0.134. The summed E-state index contributed by atoms with van der Waals surface area (Å²) in [7, 11) is 0. The van der Waals surface area contributed by atoms with Crippen LogP contribution in [0.5, 0.6) is 23.0 Å². The smallest absolute Gasteiger partial charge is 0.338 e. The number of rotatable bonds is 17. The van der Waals surface area contributed by atoms with Crippen LogP contribution in [0.1, 0.15) is 49.9 Å². The molecule has 0 heterocycles. The lowest BCUT2D eigenvalue weighted by Gasteiger charge is -2.10. The summed E-state index contributed by atoms with van der Waals surface area (Å²) < 4.78 is 43.0. The molecule has 0 saturated carbocycles. The van der Waals surface area contributed by atoms with Gasteiger partial charge < -0.3 is 37.9 Å². The van der Waals surface area contributed by atoms with E-state index >= 15 is 0 Å². The molecule has 0 atom stereocenters. The Kier molecular flexibility index (Phi) is 17.5. The molecule has 11 heteroatoms. The van der Waals surface area contributed by atoms with Crippen molar-refractivity contribution in [3.63, 3.8) is 0 Å². The van der Waals surface area contributed by atoms with Gasteiger partial charge in [-0.1, -0.05) is 56.6 Å². The van der Waals surface area contributed by atoms with E-state index in [0.29, 0.717) is 50.8 Å². The average molecular weight is 781 g/mol. The van der Waals surface area contributed by atoms with Gasteiger partial charge in [0.1, 0.15) is 78.9 Å². The fraction of sp³-hybridized carbons (Fsp3) is 0.0851. The van der Waals surface area contributed by atoms with Gasteiger partial charge in [-0.25, -0.2) is 14.4 Å². The zero-order valence-corrected chi connectivity index (χ0v) is 32.4. The molecule has 0 aromatic heterocycles. The first-order valence-corrected chi connectivity index (χ1v) is 17.0.